The number of hydrogen-bond donors (Lipinski definition) is 2. The summed E-state index contributed by atoms with van der Waals surface area (Å²) >= 11 is 0. The molecule has 3 rings (SSSR count). The van der Waals surface area contributed by atoms with Gasteiger partial charge in [-0.1, -0.05) is 6.07 Å². The van der Waals surface area contributed by atoms with Crippen LogP contribution < -0.4 is 11.1 Å². The molecule has 7 heteroatoms. The van der Waals surface area contributed by atoms with Crippen molar-refractivity contribution in [2.45, 2.75) is 6.92 Å². The van der Waals surface area contributed by atoms with Gasteiger partial charge in [0.2, 0.25) is 5.91 Å². The van der Waals surface area contributed by atoms with E-state index in [1.54, 1.807) is 29.2 Å². The van der Waals surface area contributed by atoms with Crippen molar-refractivity contribution in [2.75, 3.05) is 43.8 Å². The van der Waals surface area contributed by atoms with Gasteiger partial charge in [0.15, 0.2) is 5.76 Å². The Bertz CT molecular complexity index is 750. The number of aryl methyl sites for hydroxylation is 1. The fourth-order valence-electron chi connectivity index (χ4n) is 2.83. The first-order chi connectivity index (χ1) is 12.0. The van der Waals surface area contributed by atoms with E-state index in [4.69, 9.17) is 10.2 Å². The van der Waals surface area contributed by atoms with Crippen LogP contribution in [0.15, 0.2) is 41.0 Å². The highest BCUT2D eigenvalue weighted by Gasteiger charge is 2.24. The number of nitrogen functional groups attached to an aromatic ring is 1. The van der Waals surface area contributed by atoms with Crippen molar-refractivity contribution in [3.05, 3.63) is 47.9 Å². The summed E-state index contributed by atoms with van der Waals surface area (Å²) in [6, 6.07) is 8.81. The van der Waals surface area contributed by atoms with Gasteiger partial charge in [-0.25, -0.2) is 0 Å². The maximum absolute atomic E-state index is 12.3. The summed E-state index contributed by atoms with van der Waals surface area (Å²) in [4.78, 5) is 28.3. The van der Waals surface area contributed by atoms with Crippen LogP contribution in [-0.2, 0) is 4.79 Å². The molecule has 2 amide bonds. The molecule has 1 aliphatic heterocycles. The Hall–Kier alpha value is -2.80. The first-order valence-corrected chi connectivity index (χ1v) is 8.24. The van der Waals surface area contributed by atoms with Gasteiger partial charge in [-0.05, 0) is 36.8 Å². The molecule has 0 bridgehead atoms. The molecular formula is C18H22N4O3. The highest BCUT2D eigenvalue weighted by molar-refractivity contribution is 5.93. The van der Waals surface area contributed by atoms with Crippen LogP contribution in [0.4, 0.5) is 11.4 Å². The van der Waals surface area contributed by atoms with Gasteiger partial charge in [0, 0.05) is 37.6 Å². The van der Waals surface area contributed by atoms with Gasteiger partial charge >= 0.3 is 0 Å². The summed E-state index contributed by atoms with van der Waals surface area (Å²) in [6.45, 7) is 4.66. The summed E-state index contributed by atoms with van der Waals surface area (Å²) in [5, 5.41) is 2.90. The number of nitrogens with two attached hydrogens (primary N) is 1. The molecule has 1 aliphatic rings. The number of anilines is 2. The molecule has 1 saturated heterocycles. The van der Waals surface area contributed by atoms with E-state index < -0.39 is 0 Å². The molecule has 7 nitrogen and oxygen atoms in total. The van der Waals surface area contributed by atoms with Gasteiger partial charge < -0.3 is 20.4 Å². The number of hydrogen-bond acceptors (Lipinski definition) is 5. The van der Waals surface area contributed by atoms with Crippen LogP contribution in [0.3, 0.4) is 0 Å². The number of rotatable bonds is 4. The molecule has 2 aromatic rings. The van der Waals surface area contributed by atoms with Gasteiger partial charge in [-0.15, -0.1) is 0 Å². The topological polar surface area (TPSA) is 91.8 Å². The minimum atomic E-state index is -0.107. The lowest BCUT2D eigenvalue weighted by atomic mass is 10.2. The van der Waals surface area contributed by atoms with Crippen LogP contribution in [0.25, 0.3) is 0 Å². The smallest absolute Gasteiger partial charge is 0.289 e. The average Bonchev–Trinajstić information content (AvgIpc) is 3.13. The van der Waals surface area contributed by atoms with E-state index in [1.165, 1.54) is 6.26 Å². The molecule has 1 fully saturated rings. The molecule has 0 atom stereocenters. The molecule has 0 aliphatic carbocycles. The number of nitrogens with zero attached hydrogens (tertiary/aromatic N) is 2. The van der Waals surface area contributed by atoms with E-state index in [9.17, 15) is 9.59 Å². The number of carbonyl (C=O) groups excluding carboxylic acids is 2. The monoisotopic (exact) mass is 342 g/mol. The largest absolute Gasteiger partial charge is 0.459 e. The predicted octanol–water partition coefficient (Wildman–Crippen LogP) is 1.57. The van der Waals surface area contributed by atoms with Gasteiger partial charge in [0.05, 0.1) is 12.8 Å². The lowest BCUT2D eigenvalue weighted by molar-refractivity contribution is -0.117. The number of piperazine rings is 1. The van der Waals surface area contributed by atoms with Crippen LogP contribution in [0.1, 0.15) is 16.1 Å². The van der Waals surface area contributed by atoms with Crippen LogP contribution in [0, 0.1) is 6.92 Å². The van der Waals surface area contributed by atoms with Crippen molar-refractivity contribution in [2.24, 2.45) is 0 Å². The Morgan fingerprint density at radius 2 is 1.96 bits per heavy atom. The maximum Gasteiger partial charge on any atom is 0.289 e. The molecular weight excluding hydrogens is 320 g/mol. The second-order valence-electron chi connectivity index (χ2n) is 6.17. The Balaban J connectivity index is 1.49. The molecule has 3 N–H and O–H groups in total. The quantitative estimate of drug-likeness (QED) is 0.823. The van der Waals surface area contributed by atoms with Gasteiger partial charge in [0.25, 0.3) is 5.91 Å². The number of furan rings is 1. The summed E-state index contributed by atoms with van der Waals surface area (Å²) in [5.41, 5.74) is 8.08. The van der Waals surface area contributed by atoms with E-state index in [1.807, 2.05) is 17.9 Å². The second kappa shape index (κ2) is 7.40. The Labute approximate surface area is 146 Å². The van der Waals surface area contributed by atoms with E-state index >= 15 is 0 Å². The van der Waals surface area contributed by atoms with Crippen molar-refractivity contribution < 1.29 is 14.0 Å². The summed E-state index contributed by atoms with van der Waals surface area (Å²) < 4.78 is 5.15. The average molecular weight is 342 g/mol. The SMILES string of the molecule is Cc1ccc(N)cc1NC(=O)CN1CCN(C(=O)c2ccco2)CC1. The maximum atomic E-state index is 12.3. The van der Waals surface area contributed by atoms with Crippen LogP contribution in [-0.4, -0.2) is 54.3 Å². The molecule has 132 valence electrons. The van der Waals surface area contributed by atoms with Crippen LogP contribution in [0.5, 0.6) is 0 Å². The number of benzene rings is 1. The minimum absolute atomic E-state index is 0.0838. The van der Waals surface area contributed by atoms with E-state index in [2.05, 4.69) is 5.32 Å². The van der Waals surface area contributed by atoms with Crippen molar-refractivity contribution in [3.8, 4) is 0 Å². The van der Waals surface area contributed by atoms with Gasteiger partial charge in [-0.3, -0.25) is 14.5 Å². The third-order valence-electron chi connectivity index (χ3n) is 4.29. The standard InChI is InChI=1S/C18H22N4O3/c1-13-4-5-14(19)11-15(13)20-17(23)12-21-6-8-22(9-7-21)18(24)16-3-2-10-25-16/h2-5,10-11H,6-9,12,19H2,1H3,(H,20,23). The zero-order valence-corrected chi connectivity index (χ0v) is 14.2. The number of nitrogens with one attached hydrogen (secondary N) is 1. The molecule has 0 saturated carbocycles. The summed E-state index contributed by atoms with van der Waals surface area (Å²) in [5.74, 6) is 0.160. The Morgan fingerprint density at radius 1 is 1.20 bits per heavy atom. The van der Waals surface area contributed by atoms with Crippen molar-refractivity contribution in [1.82, 2.24) is 9.80 Å². The van der Waals surface area contributed by atoms with E-state index in [0.29, 0.717) is 37.6 Å². The Kier molecular flexibility index (Phi) is 5.04. The van der Waals surface area contributed by atoms with Crippen molar-refractivity contribution in [1.29, 1.82) is 0 Å². The molecule has 0 spiro atoms. The minimum Gasteiger partial charge on any atom is -0.459 e. The van der Waals surface area contributed by atoms with Crippen LogP contribution >= 0.6 is 0 Å². The molecule has 1 aromatic carbocycles. The Morgan fingerprint density at radius 3 is 2.64 bits per heavy atom. The fraction of sp³-hybridized carbons (Fsp3) is 0.333. The molecule has 0 unspecified atom stereocenters. The number of carbonyl (C=O) groups is 2. The lowest BCUT2D eigenvalue weighted by Gasteiger charge is -2.33. The zero-order valence-electron chi connectivity index (χ0n) is 14.2. The lowest BCUT2D eigenvalue weighted by Crippen LogP contribution is -2.50. The summed E-state index contributed by atoms with van der Waals surface area (Å²) in [6.07, 6.45) is 1.49. The highest BCUT2D eigenvalue weighted by Crippen LogP contribution is 2.18. The van der Waals surface area contributed by atoms with E-state index in [-0.39, 0.29) is 18.4 Å². The molecule has 25 heavy (non-hydrogen) atoms. The van der Waals surface area contributed by atoms with Crippen LogP contribution in [0.2, 0.25) is 0 Å². The number of amides is 2. The predicted molar refractivity (Wildman–Crippen MR) is 95.3 cm³/mol. The van der Waals surface area contributed by atoms with E-state index in [0.717, 1.165) is 11.3 Å². The molecule has 0 radical (unpaired) electrons. The zero-order chi connectivity index (χ0) is 17.8. The highest BCUT2D eigenvalue weighted by atomic mass is 16.3. The summed E-state index contributed by atoms with van der Waals surface area (Å²) in [7, 11) is 0. The van der Waals surface area contributed by atoms with Crippen molar-refractivity contribution >= 4 is 23.2 Å². The normalized spacial score (nSPS) is 15.2. The molecule has 1 aromatic heterocycles. The molecule has 2 heterocycles. The fourth-order valence-corrected chi connectivity index (χ4v) is 2.83. The van der Waals surface area contributed by atoms with Gasteiger partial charge in [0.1, 0.15) is 0 Å². The van der Waals surface area contributed by atoms with Gasteiger partial charge in [-0.2, -0.15) is 0 Å². The first-order valence-electron chi connectivity index (χ1n) is 8.24. The first kappa shape index (κ1) is 17.0. The third kappa shape index (κ3) is 4.19. The van der Waals surface area contributed by atoms with Crippen molar-refractivity contribution in [3.63, 3.8) is 0 Å². The second-order valence-corrected chi connectivity index (χ2v) is 6.17. The third-order valence-corrected chi connectivity index (χ3v) is 4.29.